The molecule has 0 bridgehead atoms. The highest BCUT2D eigenvalue weighted by molar-refractivity contribution is 5.79. The Morgan fingerprint density at radius 3 is 2.75 bits per heavy atom. The molecule has 6 heteroatoms. The van der Waals surface area contributed by atoms with Crippen LogP contribution in [0.1, 0.15) is 11.1 Å². The van der Waals surface area contributed by atoms with Gasteiger partial charge in [-0.05, 0) is 35.9 Å². The van der Waals surface area contributed by atoms with Crippen molar-refractivity contribution in [1.82, 2.24) is 4.90 Å². The molecule has 1 saturated heterocycles. The number of carbonyl (C=O) groups is 1. The molecule has 0 N–H and O–H groups in total. The van der Waals surface area contributed by atoms with Gasteiger partial charge in [0.2, 0.25) is 5.91 Å². The zero-order chi connectivity index (χ0) is 19.3. The van der Waals surface area contributed by atoms with Crippen LogP contribution in [0.25, 0.3) is 0 Å². The van der Waals surface area contributed by atoms with E-state index in [1.54, 1.807) is 7.11 Å². The summed E-state index contributed by atoms with van der Waals surface area (Å²) >= 11 is 0. The summed E-state index contributed by atoms with van der Waals surface area (Å²) in [5, 5.41) is 0. The van der Waals surface area contributed by atoms with Crippen LogP contribution in [0, 0.1) is 0 Å². The molecule has 4 rings (SSSR count). The quantitative estimate of drug-likeness (QED) is 0.813. The molecular weight excluding hydrogens is 356 g/mol. The number of hydrogen-bond acceptors (Lipinski definition) is 5. The minimum Gasteiger partial charge on any atom is -0.497 e. The Bertz CT molecular complexity index is 833. The van der Waals surface area contributed by atoms with E-state index in [0.717, 1.165) is 54.6 Å². The Morgan fingerprint density at radius 1 is 1.07 bits per heavy atom. The number of fused-ring (bicyclic) bond motifs is 1. The molecule has 2 heterocycles. The van der Waals surface area contributed by atoms with E-state index in [-0.39, 0.29) is 5.91 Å². The smallest absolute Gasteiger partial charge is 0.227 e. The summed E-state index contributed by atoms with van der Waals surface area (Å²) in [4.78, 5) is 17.1. The van der Waals surface area contributed by atoms with Crippen molar-refractivity contribution in [1.29, 1.82) is 0 Å². The normalized spacial score (nSPS) is 16.8. The summed E-state index contributed by atoms with van der Waals surface area (Å²) in [6.07, 6.45) is 0.357. The third-order valence-electron chi connectivity index (χ3n) is 5.24. The van der Waals surface area contributed by atoms with E-state index in [9.17, 15) is 4.79 Å². The van der Waals surface area contributed by atoms with Gasteiger partial charge in [0.15, 0.2) is 0 Å². The number of anilines is 1. The Kier molecular flexibility index (Phi) is 5.67. The highest BCUT2D eigenvalue weighted by Gasteiger charge is 2.22. The van der Waals surface area contributed by atoms with Crippen molar-refractivity contribution in [2.45, 2.75) is 13.0 Å². The number of methoxy groups -OCH3 is 1. The van der Waals surface area contributed by atoms with Crippen LogP contribution < -0.4 is 14.4 Å². The molecule has 0 aliphatic carbocycles. The Balaban J connectivity index is 1.49. The first-order valence-electron chi connectivity index (χ1n) is 9.72. The lowest BCUT2D eigenvalue weighted by molar-refractivity contribution is -0.131. The van der Waals surface area contributed by atoms with Gasteiger partial charge in [0.05, 0.1) is 33.3 Å². The minimum absolute atomic E-state index is 0.0986. The van der Waals surface area contributed by atoms with Crippen LogP contribution in [0.15, 0.2) is 42.5 Å². The van der Waals surface area contributed by atoms with E-state index in [2.05, 4.69) is 17.0 Å². The topological polar surface area (TPSA) is 51.2 Å². The highest BCUT2D eigenvalue weighted by Crippen LogP contribution is 2.29. The molecule has 0 unspecified atom stereocenters. The summed E-state index contributed by atoms with van der Waals surface area (Å²) in [5.41, 5.74) is 3.17. The van der Waals surface area contributed by atoms with Crippen LogP contribution in [-0.4, -0.2) is 57.4 Å². The Morgan fingerprint density at radius 2 is 1.93 bits per heavy atom. The summed E-state index contributed by atoms with van der Waals surface area (Å²) in [6, 6.07) is 13.9. The summed E-state index contributed by atoms with van der Waals surface area (Å²) < 4.78 is 16.6. The molecule has 1 amide bonds. The molecule has 0 spiro atoms. The zero-order valence-corrected chi connectivity index (χ0v) is 16.2. The monoisotopic (exact) mass is 382 g/mol. The second-order valence-electron chi connectivity index (χ2n) is 7.08. The maximum atomic E-state index is 12.9. The van der Waals surface area contributed by atoms with Crippen LogP contribution >= 0.6 is 0 Å². The van der Waals surface area contributed by atoms with Gasteiger partial charge in [-0.15, -0.1) is 0 Å². The number of morpholine rings is 1. The number of amides is 1. The third kappa shape index (κ3) is 4.22. The molecule has 0 saturated carbocycles. The minimum atomic E-state index is 0.0986. The molecule has 2 aromatic carbocycles. The second kappa shape index (κ2) is 8.52. The highest BCUT2D eigenvalue weighted by atomic mass is 16.5. The Labute approximate surface area is 165 Å². The van der Waals surface area contributed by atoms with Crippen molar-refractivity contribution in [2.24, 2.45) is 0 Å². The van der Waals surface area contributed by atoms with Gasteiger partial charge in [-0.1, -0.05) is 12.1 Å². The average molecular weight is 382 g/mol. The first-order chi connectivity index (χ1) is 13.7. The molecule has 2 aliphatic rings. The largest absolute Gasteiger partial charge is 0.497 e. The van der Waals surface area contributed by atoms with E-state index >= 15 is 0 Å². The van der Waals surface area contributed by atoms with Crippen LogP contribution in [0.4, 0.5) is 5.69 Å². The third-order valence-corrected chi connectivity index (χ3v) is 5.24. The fraction of sp³-hybridized carbons (Fsp3) is 0.409. The molecule has 0 atom stereocenters. The predicted molar refractivity (Wildman–Crippen MR) is 107 cm³/mol. The van der Waals surface area contributed by atoms with Gasteiger partial charge in [-0.2, -0.15) is 0 Å². The number of ether oxygens (including phenoxy) is 3. The van der Waals surface area contributed by atoms with Crippen molar-refractivity contribution >= 4 is 11.6 Å². The van der Waals surface area contributed by atoms with Crippen LogP contribution in [0.2, 0.25) is 0 Å². The van der Waals surface area contributed by atoms with Crippen molar-refractivity contribution in [2.75, 3.05) is 51.5 Å². The van der Waals surface area contributed by atoms with E-state index in [0.29, 0.717) is 26.1 Å². The van der Waals surface area contributed by atoms with Crippen LogP contribution in [-0.2, 0) is 22.5 Å². The van der Waals surface area contributed by atoms with Gasteiger partial charge in [-0.3, -0.25) is 4.79 Å². The fourth-order valence-electron chi connectivity index (χ4n) is 3.68. The van der Waals surface area contributed by atoms with Crippen LogP contribution in [0.3, 0.4) is 0 Å². The number of nitrogens with zero attached hydrogens (tertiary/aromatic N) is 2. The molecule has 0 radical (unpaired) electrons. The Hall–Kier alpha value is -2.73. The number of hydrogen-bond donors (Lipinski definition) is 0. The molecule has 0 aromatic heterocycles. The second-order valence-corrected chi connectivity index (χ2v) is 7.08. The van der Waals surface area contributed by atoms with Gasteiger partial charge in [-0.25, -0.2) is 0 Å². The van der Waals surface area contributed by atoms with Gasteiger partial charge >= 0.3 is 0 Å². The first-order valence-corrected chi connectivity index (χ1v) is 9.72. The lowest BCUT2D eigenvalue weighted by atomic mass is 10.1. The molecule has 1 fully saturated rings. The number of rotatable bonds is 4. The van der Waals surface area contributed by atoms with Gasteiger partial charge in [0.1, 0.15) is 18.1 Å². The van der Waals surface area contributed by atoms with Gasteiger partial charge < -0.3 is 24.0 Å². The first kappa shape index (κ1) is 18.6. The van der Waals surface area contributed by atoms with Crippen molar-refractivity contribution < 1.29 is 19.0 Å². The maximum Gasteiger partial charge on any atom is 0.227 e. The van der Waals surface area contributed by atoms with Crippen LogP contribution in [0.5, 0.6) is 11.5 Å². The van der Waals surface area contributed by atoms with E-state index < -0.39 is 0 Å². The van der Waals surface area contributed by atoms with Crippen molar-refractivity contribution in [3.8, 4) is 11.5 Å². The molecule has 6 nitrogen and oxygen atoms in total. The lowest BCUT2D eigenvalue weighted by Gasteiger charge is -2.29. The molecule has 148 valence electrons. The molecule has 2 aromatic rings. The molecule has 2 aliphatic heterocycles. The fourth-order valence-corrected chi connectivity index (χ4v) is 3.68. The SMILES string of the molecule is COc1cccc(CC(=O)N2CCOc3ccc(N4CCOCC4)cc3C2)c1. The summed E-state index contributed by atoms with van der Waals surface area (Å²) in [6.45, 7) is 4.93. The maximum absolute atomic E-state index is 12.9. The molecular formula is C22H26N2O4. The number of carbonyl (C=O) groups excluding carboxylic acids is 1. The van der Waals surface area contributed by atoms with Crippen molar-refractivity contribution in [3.63, 3.8) is 0 Å². The number of benzene rings is 2. The lowest BCUT2D eigenvalue weighted by Crippen LogP contribution is -2.36. The van der Waals surface area contributed by atoms with Crippen molar-refractivity contribution in [3.05, 3.63) is 53.6 Å². The standard InChI is InChI=1S/C22H26N2O4/c1-26-20-4-2-3-17(13-20)14-22(25)24-9-12-28-21-6-5-19(15-18(21)16-24)23-7-10-27-11-8-23/h2-6,13,15H,7-12,14,16H2,1H3. The van der Waals surface area contributed by atoms with E-state index in [4.69, 9.17) is 14.2 Å². The average Bonchev–Trinajstić information content (AvgIpc) is 2.96. The van der Waals surface area contributed by atoms with E-state index in [1.165, 1.54) is 0 Å². The summed E-state index contributed by atoms with van der Waals surface area (Å²) in [7, 11) is 1.63. The predicted octanol–water partition coefficient (Wildman–Crippen LogP) is 2.50. The van der Waals surface area contributed by atoms with E-state index in [1.807, 2.05) is 35.2 Å². The van der Waals surface area contributed by atoms with Gasteiger partial charge in [0, 0.05) is 30.9 Å². The molecule has 28 heavy (non-hydrogen) atoms. The summed E-state index contributed by atoms with van der Waals surface area (Å²) in [5.74, 6) is 1.74. The van der Waals surface area contributed by atoms with Gasteiger partial charge in [0.25, 0.3) is 0 Å². The zero-order valence-electron chi connectivity index (χ0n) is 16.2.